The minimum absolute atomic E-state index is 0.321. The maximum atomic E-state index is 13.2. The third kappa shape index (κ3) is 1.81. The summed E-state index contributed by atoms with van der Waals surface area (Å²) in [5.74, 6) is 0.158. The van der Waals surface area contributed by atoms with E-state index >= 15 is 0 Å². The Bertz CT molecular complexity index is 525. The van der Waals surface area contributed by atoms with Crippen molar-refractivity contribution in [2.24, 2.45) is 0 Å². The van der Waals surface area contributed by atoms with E-state index < -0.39 is 0 Å². The van der Waals surface area contributed by atoms with Gasteiger partial charge in [0.15, 0.2) is 0 Å². The lowest BCUT2D eigenvalue weighted by Crippen LogP contribution is -1.97. The summed E-state index contributed by atoms with van der Waals surface area (Å²) in [7, 11) is 0. The van der Waals surface area contributed by atoms with Gasteiger partial charge in [0, 0.05) is 11.5 Å². The average molecular weight is 269 g/mol. The van der Waals surface area contributed by atoms with Crippen LogP contribution in [0.3, 0.4) is 0 Å². The fourth-order valence-electron chi connectivity index (χ4n) is 1.51. The molecule has 2 rings (SSSR count). The van der Waals surface area contributed by atoms with Crippen molar-refractivity contribution < 1.29 is 4.39 Å². The Kier molecular flexibility index (Phi) is 2.61. The second-order valence-corrected chi connectivity index (χ2v) is 4.20. The molecule has 1 aromatic heterocycles. The highest BCUT2D eigenvalue weighted by molar-refractivity contribution is 9.10. The van der Waals surface area contributed by atoms with E-state index in [0.29, 0.717) is 15.8 Å². The Morgan fingerprint density at radius 2 is 2.13 bits per heavy atom. The summed E-state index contributed by atoms with van der Waals surface area (Å²) < 4.78 is 13.7. The van der Waals surface area contributed by atoms with Gasteiger partial charge in [0.25, 0.3) is 0 Å². The highest BCUT2D eigenvalue weighted by Gasteiger charge is 2.06. The molecule has 1 heterocycles. The number of halogens is 2. The molecule has 2 aromatic rings. The number of rotatable bonds is 1. The molecule has 0 unspecified atom stereocenters. The van der Waals surface area contributed by atoms with Gasteiger partial charge in [0.2, 0.25) is 0 Å². The molecule has 2 N–H and O–H groups in total. The summed E-state index contributed by atoms with van der Waals surface area (Å²) in [4.78, 5) is 4.17. The van der Waals surface area contributed by atoms with Crippen LogP contribution in [0.1, 0.15) is 12.5 Å². The minimum Gasteiger partial charge on any atom is -0.383 e. The molecule has 0 atom stereocenters. The van der Waals surface area contributed by atoms with Crippen LogP contribution in [0.4, 0.5) is 10.2 Å². The van der Waals surface area contributed by atoms with Crippen LogP contribution in [0, 0.1) is 5.82 Å². The SMILES string of the molecule is CCc1cc2cc(Br)c(F)cc2nc1N. The summed E-state index contributed by atoms with van der Waals surface area (Å²) in [5, 5.41) is 0.898. The normalized spacial score (nSPS) is 10.9. The van der Waals surface area contributed by atoms with Crippen LogP contribution < -0.4 is 5.73 Å². The zero-order chi connectivity index (χ0) is 11.0. The van der Waals surface area contributed by atoms with Crippen molar-refractivity contribution in [2.45, 2.75) is 13.3 Å². The molecule has 0 aliphatic heterocycles. The van der Waals surface area contributed by atoms with E-state index in [9.17, 15) is 4.39 Å². The van der Waals surface area contributed by atoms with Gasteiger partial charge in [-0.05, 0) is 40.0 Å². The van der Waals surface area contributed by atoms with E-state index in [1.807, 2.05) is 13.0 Å². The largest absolute Gasteiger partial charge is 0.383 e. The predicted octanol–water partition coefficient (Wildman–Crippen LogP) is 3.28. The van der Waals surface area contributed by atoms with Crippen LogP contribution in [0.25, 0.3) is 10.9 Å². The van der Waals surface area contributed by atoms with E-state index in [-0.39, 0.29) is 5.82 Å². The standard InChI is InChI=1S/C11H10BrFN2/c1-2-6-3-7-4-8(12)9(13)5-10(7)15-11(6)14/h3-5H,2H2,1H3,(H2,14,15). The molecule has 0 radical (unpaired) electrons. The number of fused-ring (bicyclic) bond motifs is 1. The average Bonchev–Trinajstić information content (AvgIpc) is 2.20. The molecule has 15 heavy (non-hydrogen) atoms. The lowest BCUT2D eigenvalue weighted by Gasteiger charge is -2.05. The van der Waals surface area contributed by atoms with Crippen LogP contribution >= 0.6 is 15.9 Å². The fourth-order valence-corrected chi connectivity index (χ4v) is 1.87. The first kappa shape index (κ1) is 10.4. The van der Waals surface area contributed by atoms with Crippen molar-refractivity contribution in [3.63, 3.8) is 0 Å². The molecule has 0 aliphatic rings. The van der Waals surface area contributed by atoms with Gasteiger partial charge in [-0.2, -0.15) is 0 Å². The van der Waals surface area contributed by atoms with Crippen LogP contribution in [-0.2, 0) is 6.42 Å². The molecule has 0 saturated carbocycles. The maximum Gasteiger partial charge on any atom is 0.139 e. The van der Waals surface area contributed by atoms with Crippen molar-refractivity contribution in [3.05, 3.63) is 34.1 Å². The van der Waals surface area contributed by atoms with Crippen LogP contribution in [-0.4, -0.2) is 4.98 Å². The number of nitrogens with zero attached hydrogens (tertiary/aromatic N) is 1. The van der Waals surface area contributed by atoms with Crippen molar-refractivity contribution in [2.75, 3.05) is 5.73 Å². The second kappa shape index (κ2) is 3.77. The van der Waals surface area contributed by atoms with Gasteiger partial charge in [-0.15, -0.1) is 0 Å². The molecule has 0 bridgehead atoms. The monoisotopic (exact) mass is 268 g/mol. The van der Waals surface area contributed by atoms with Crippen molar-refractivity contribution in [3.8, 4) is 0 Å². The summed E-state index contributed by atoms with van der Waals surface area (Å²) >= 11 is 3.15. The first-order valence-corrected chi connectivity index (χ1v) is 5.45. The number of anilines is 1. The number of aryl methyl sites for hydroxylation is 1. The van der Waals surface area contributed by atoms with Gasteiger partial charge < -0.3 is 5.73 Å². The van der Waals surface area contributed by atoms with Crippen LogP contribution in [0.15, 0.2) is 22.7 Å². The number of hydrogen-bond donors (Lipinski definition) is 1. The van der Waals surface area contributed by atoms with E-state index in [1.165, 1.54) is 6.07 Å². The highest BCUT2D eigenvalue weighted by atomic mass is 79.9. The molecule has 1 aromatic carbocycles. The summed E-state index contributed by atoms with van der Waals surface area (Å²) in [5.41, 5.74) is 7.32. The zero-order valence-electron chi connectivity index (χ0n) is 8.22. The van der Waals surface area contributed by atoms with Crippen LogP contribution in [0.2, 0.25) is 0 Å². The molecule has 0 spiro atoms. The number of hydrogen-bond acceptors (Lipinski definition) is 2. The second-order valence-electron chi connectivity index (χ2n) is 3.35. The van der Waals surface area contributed by atoms with E-state index in [4.69, 9.17) is 5.73 Å². The van der Waals surface area contributed by atoms with Gasteiger partial charge in [-0.3, -0.25) is 0 Å². The van der Waals surface area contributed by atoms with Gasteiger partial charge >= 0.3 is 0 Å². The number of nitrogen functional groups attached to an aromatic ring is 1. The Morgan fingerprint density at radius 3 is 2.80 bits per heavy atom. The highest BCUT2D eigenvalue weighted by Crippen LogP contribution is 2.25. The summed E-state index contributed by atoms with van der Waals surface area (Å²) in [6.45, 7) is 2.01. The van der Waals surface area contributed by atoms with Crippen molar-refractivity contribution in [1.82, 2.24) is 4.98 Å². The number of benzene rings is 1. The minimum atomic E-state index is -0.321. The first-order valence-electron chi connectivity index (χ1n) is 4.66. The molecular weight excluding hydrogens is 259 g/mol. The number of pyridine rings is 1. The third-order valence-corrected chi connectivity index (χ3v) is 2.96. The molecule has 0 saturated heterocycles. The van der Waals surface area contributed by atoms with E-state index in [2.05, 4.69) is 20.9 Å². The quantitative estimate of drug-likeness (QED) is 0.862. The Labute approximate surface area is 95.4 Å². The lowest BCUT2D eigenvalue weighted by atomic mass is 10.1. The smallest absolute Gasteiger partial charge is 0.139 e. The third-order valence-electron chi connectivity index (χ3n) is 2.35. The molecule has 4 heteroatoms. The lowest BCUT2D eigenvalue weighted by molar-refractivity contribution is 0.623. The Morgan fingerprint density at radius 1 is 1.40 bits per heavy atom. The number of nitrogens with two attached hydrogens (primary N) is 1. The molecular formula is C11H10BrFN2. The van der Waals surface area contributed by atoms with Gasteiger partial charge in [0.1, 0.15) is 11.6 Å². The summed E-state index contributed by atoms with van der Waals surface area (Å²) in [6, 6.07) is 5.05. The predicted molar refractivity (Wildman–Crippen MR) is 63.2 cm³/mol. The maximum absolute atomic E-state index is 13.2. The molecule has 2 nitrogen and oxygen atoms in total. The van der Waals surface area contributed by atoms with Gasteiger partial charge in [0.05, 0.1) is 9.99 Å². The molecule has 78 valence electrons. The topological polar surface area (TPSA) is 38.9 Å². The zero-order valence-corrected chi connectivity index (χ0v) is 9.81. The summed E-state index contributed by atoms with van der Waals surface area (Å²) in [6.07, 6.45) is 0.823. The Hall–Kier alpha value is -1.16. The Balaban J connectivity index is 2.76. The fraction of sp³-hybridized carbons (Fsp3) is 0.182. The van der Waals surface area contributed by atoms with Crippen molar-refractivity contribution >= 4 is 32.7 Å². The van der Waals surface area contributed by atoms with Crippen molar-refractivity contribution in [1.29, 1.82) is 0 Å². The molecule has 0 aliphatic carbocycles. The molecule has 0 fully saturated rings. The molecule has 0 amide bonds. The van der Waals surface area contributed by atoms with Gasteiger partial charge in [-0.1, -0.05) is 6.92 Å². The van der Waals surface area contributed by atoms with Gasteiger partial charge in [-0.25, -0.2) is 9.37 Å². The van der Waals surface area contributed by atoms with E-state index in [0.717, 1.165) is 17.4 Å². The van der Waals surface area contributed by atoms with E-state index in [1.54, 1.807) is 6.07 Å². The van der Waals surface area contributed by atoms with Crippen LogP contribution in [0.5, 0.6) is 0 Å². The first-order chi connectivity index (χ1) is 7.11. The number of aromatic nitrogens is 1.